The lowest BCUT2D eigenvalue weighted by molar-refractivity contribution is -0.0644. The van der Waals surface area contributed by atoms with Crippen molar-refractivity contribution >= 4 is 0 Å². The van der Waals surface area contributed by atoms with Crippen LogP contribution in [0.4, 0.5) is 0 Å². The monoisotopic (exact) mass is 1110 g/mol. The summed E-state index contributed by atoms with van der Waals surface area (Å²) in [5.41, 5.74) is 60.0. The quantitative estimate of drug-likeness (QED) is 0.0390. The summed E-state index contributed by atoms with van der Waals surface area (Å²) in [4.78, 5) is 0. The number of ether oxygens (including phenoxy) is 11. The van der Waals surface area contributed by atoms with Gasteiger partial charge in [0.05, 0.1) is 98.6 Å². The Bertz CT molecular complexity index is 857. The van der Waals surface area contributed by atoms with Gasteiger partial charge in [-0.15, -0.1) is 0 Å². The first-order valence-corrected chi connectivity index (χ1v) is 25.4. The fourth-order valence-electron chi connectivity index (χ4n) is 4.32. The summed E-state index contributed by atoms with van der Waals surface area (Å²) in [7, 11) is 0. The molecule has 75 heavy (non-hydrogen) atoms. The molecule has 0 heterocycles. The second-order valence-corrected chi connectivity index (χ2v) is 17.4. The third-order valence-corrected chi connectivity index (χ3v) is 7.64. The normalized spacial score (nSPS) is 13.8. The van der Waals surface area contributed by atoms with Gasteiger partial charge in [-0.2, -0.15) is 0 Å². The van der Waals surface area contributed by atoms with Crippen molar-refractivity contribution in [3.63, 3.8) is 0 Å². The molecule has 0 saturated heterocycles. The highest BCUT2D eigenvalue weighted by molar-refractivity contribution is 4.62. The van der Waals surface area contributed by atoms with Crippen molar-refractivity contribution in [2.24, 2.45) is 63.1 Å². The molecule has 22 heteroatoms. The summed E-state index contributed by atoms with van der Waals surface area (Å²) in [6.45, 7) is 30.5. The lowest BCUT2D eigenvalue weighted by Crippen LogP contribution is -2.34. The van der Waals surface area contributed by atoms with E-state index in [1.807, 2.05) is 55.4 Å². The van der Waals surface area contributed by atoms with Gasteiger partial charge in [0.15, 0.2) is 0 Å². The van der Waals surface area contributed by atoms with Gasteiger partial charge in [0.25, 0.3) is 0 Å². The van der Waals surface area contributed by atoms with E-state index >= 15 is 0 Å². The fourth-order valence-corrected chi connectivity index (χ4v) is 4.32. The van der Waals surface area contributed by atoms with Gasteiger partial charge in [0, 0.05) is 81.9 Å². The number of hydrogen-bond donors (Lipinski definition) is 11. The first-order chi connectivity index (χ1) is 32.9. The zero-order chi connectivity index (χ0) is 53.2. The van der Waals surface area contributed by atoms with Gasteiger partial charge < -0.3 is 115 Å². The highest BCUT2D eigenvalue weighted by Gasteiger charge is 2.12. The maximum absolute atomic E-state index is 5.65. The predicted molar refractivity (Wildman–Crippen MR) is 322 cm³/mol. The summed E-state index contributed by atoms with van der Waals surface area (Å²) >= 11 is 0. The van der Waals surface area contributed by atoms with Crippen LogP contribution < -0.4 is 63.1 Å². The molecule has 22 nitrogen and oxygen atoms in total. The lowest BCUT2D eigenvalue weighted by atomic mass is 10.3. The van der Waals surface area contributed by atoms with Gasteiger partial charge >= 0.3 is 0 Å². The molecule has 8 atom stereocenters. The van der Waals surface area contributed by atoms with Gasteiger partial charge in [-0.3, -0.25) is 0 Å². The van der Waals surface area contributed by atoms with Crippen LogP contribution in [0.2, 0.25) is 0 Å². The molecule has 0 fully saturated rings. The average Bonchev–Trinajstić information content (AvgIpc) is 3.27. The molecule has 0 aliphatic heterocycles. The highest BCUT2D eigenvalue weighted by Crippen LogP contribution is 1.99. The SMILES string of the molecule is C.C.C.C.C.C.CC(N)COCC(C)N.CC(N)COCC(COCC(C)N)OCC(C)N.CC(N)COCCOCC(C)OCC(C)N.NCCCOCCCCOCCCN.NCCCOCCOCCCN. The largest absolute Gasteiger partial charge is 0.381 e. The molecule has 0 aliphatic carbocycles. The van der Waals surface area contributed by atoms with Gasteiger partial charge in [0.2, 0.25) is 0 Å². The Labute approximate surface area is 465 Å². The Hall–Kier alpha value is -0.880. The molecule has 0 aliphatic rings. The van der Waals surface area contributed by atoms with Crippen molar-refractivity contribution in [2.45, 2.75) is 193 Å². The minimum absolute atomic E-state index is 0. The zero-order valence-corrected chi connectivity index (χ0v) is 45.3. The molecule has 0 rings (SSSR count). The second kappa shape index (κ2) is 84.4. The minimum atomic E-state index is -0.131. The van der Waals surface area contributed by atoms with Crippen LogP contribution in [0, 0.1) is 0 Å². The van der Waals surface area contributed by atoms with Gasteiger partial charge in [-0.1, -0.05) is 44.6 Å². The number of rotatable bonds is 45. The molecule has 8 unspecified atom stereocenters. The molecule has 0 spiro atoms. The van der Waals surface area contributed by atoms with Crippen molar-refractivity contribution in [1.29, 1.82) is 0 Å². The third kappa shape index (κ3) is 117. The van der Waals surface area contributed by atoms with E-state index in [4.69, 9.17) is 115 Å². The molecule has 22 N–H and O–H groups in total. The lowest BCUT2D eigenvalue weighted by Gasteiger charge is -2.20. The van der Waals surface area contributed by atoms with E-state index in [9.17, 15) is 0 Å². The Balaban J connectivity index is -0.0000000755. The molecule has 0 radical (unpaired) electrons. The number of hydrogen-bond acceptors (Lipinski definition) is 22. The van der Waals surface area contributed by atoms with Crippen LogP contribution >= 0.6 is 0 Å². The van der Waals surface area contributed by atoms with Crippen LogP contribution in [-0.2, 0) is 52.1 Å². The van der Waals surface area contributed by atoms with Gasteiger partial charge in [0.1, 0.15) is 6.10 Å². The van der Waals surface area contributed by atoms with E-state index in [1.54, 1.807) is 0 Å². The van der Waals surface area contributed by atoms with Crippen LogP contribution in [-0.4, -0.2) is 213 Å². The summed E-state index contributed by atoms with van der Waals surface area (Å²) < 4.78 is 58.8. The van der Waals surface area contributed by atoms with E-state index in [0.717, 1.165) is 78.2 Å². The molecule has 0 aromatic carbocycles. The van der Waals surface area contributed by atoms with Crippen molar-refractivity contribution in [2.75, 3.05) is 158 Å². The molecule has 0 amide bonds. The molecule has 472 valence electrons. The van der Waals surface area contributed by atoms with Crippen LogP contribution in [0.15, 0.2) is 0 Å². The Kier molecular flexibility index (Phi) is 112. The average molecular weight is 1110 g/mol. The second-order valence-electron chi connectivity index (χ2n) is 17.4. The molecule has 0 bridgehead atoms. The predicted octanol–water partition coefficient (Wildman–Crippen LogP) is 3.29. The van der Waals surface area contributed by atoms with Gasteiger partial charge in [-0.25, -0.2) is 0 Å². The third-order valence-electron chi connectivity index (χ3n) is 7.64. The molecule has 0 saturated carbocycles. The van der Waals surface area contributed by atoms with Crippen LogP contribution in [0.5, 0.6) is 0 Å². The van der Waals surface area contributed by atoms with Crippen LogP contribution in [0.1, 0.15) is 138 Å². The summed E-state index contributed by atoms with van der Waals surface area (Å²) in [6.07, 6.45) is 5.80. The standard InChI is InChI=1S/C12H29N3O3.C11H26N2O3.C10H24N2O2.C8H20N2O2.C6H16N2O.6CH4/c1-9(13)4-16-7-12(18-6-11(3)15)8-17-5-10(2)14;1-9(12)6-14-4-5-15-8-11(3)16-7-10(2)13;11-5-3-9-13-7-1-2-8-14-10-4-6-12;9-3-1-5-11-7-8-12-6-2-4-10;1-5(7)3-9-4-6(2)8;;;;;;/h9-12H,4-8,13-15H2,1-3H3;9-11H,4-8,12-13H2,1-3H3;1-12H2;1-10H2;5-6H,3-4,7-8H2,1-2H3;6*1H4. The van der Waals surface area contributed by atoms with E-state index in [2.05, 4.69) is 0 Å². The summed E-state index contributed by atoms with van der Waals surface area (Å²) in [5.74, 6) is 0. The topological polar surface area (TPSA) is 388 Å². The van der Waals surface area contributed by atoms with Crippen molar-refractivity contribution < 1.29 is 52.1 Å². The Morgan fingerprint density at radius 3 is 0.760 bits per heavy atom. The van der Waals surface area contributed by atoms with E-state index in [1.165, 1.54) is 0 Å². The maximum Gasteiger partial charge on any atom is 0.104 e. The first-order valence-electron chi connectivity index (χ1n) is 25.4. The molecule has 0 aromatic heterocycles. The van der Waals surface area contributed by atoms with E-state index in [0.29, 0.717) is 119 Å². The van der Waals surface area contributed by atoms with Crippen molar-refractivity contribution in [1.82, 2.24) is 0 Å². The van der Waals surface area contributed by atoms with E-state index < -0.39 is 0 Å². The van der Waals surface area contributed by atoms with Crippen molar-refractivity contribution in [3.05, 3.63) is 0 Å². The highest BCUT2D eigenvalue weighted by atomic mass is 16.6. The minimum Gasteiger partial charge on any atom is -0.381 e. The van der Waals surface area contributed by atoms with Crippen molar-refractivity contribution in [3.8, 4) is 0 Å². The van der Waals surface area contributed by atoms with Gasteiger partial charge in [-0.05, 0) is 120 Å². The zero-order valence-electron chi connectivity index (χ0n) is 45.3. The fraction of sp³-hybridized carbons (Fsp3) is 1.00. The maximum atomic E-state index is 5.65. The Morgan fingerprint density at radius 2 is 0.467 bits per heavy atom. The number of unbranched alkanes of at least 4 members (excludes halogenated alkanes) is 1. The summed E-state index contributed by atoms with van der Waals surface area (Å²) in [5, 5.41) is 0. The smallest absolute Gasteiger partial charge is 0.104 e. The molecule has 0 aromatic rings. The molecular weight excluding hydrogens is 967 g/mol. The first kappa shape index (κ1) is 99.5. The molecular formula is C53H139N11O11. The summed E-state index contributed by atoms with van der Waals surface area (Å²) in [6, 6.07) is 0.403. The number of nitrogens with two attached hydrogens (primary N) is 11. The van der Waals surface area contributed by atoms with Crippen LogP contribution in [0.25, 0.3) is 0 Å². The Morgan fingerprint density at radius 1 is 0.240 bits per heavy atom. The van der Waals surface area contributed by atoms with Crippen LogP contribution in [0.3, 0.4) is 0 Å². The van der Waals surface area contributed by atoms with E-state index in [-0.39, 0.29) is 99.1 Å².